The number of aromatic hydroxyl groups is 1. The number of nitrogens with one attached hydrogen (secondary N) is 1. The van der Waals surface area contributed by atoms with Crippen LogP contribution in [0.2, 0.25) is 0 Å². The topological polar surface area (TPSA) is 86.6 Å². The zero-order valence-electron chi connectivity index (χ0n) is 9.27. The van der Waals surface area contributed by atoms with Gasteiger partial charge in [-0.05, 0) is 24.5 Å². The number of thioether (sulfide) groups is 1. The molecule has 5 nitrogen and oxygen atoms in total. The average Bonchev–Trinajstić information content (AvgIpc) is 2.28. The first-order valence-corrected chi connectivity index (χ1v) is 6.29. The number of anilines is 1. The van der Waals surface area contributed by atoms with Crippen LogP contribution < -0.4 is 5.32 Å². The molecule has 1 amide bonds. The first-order valence-electron chi connectivity index (χ1n) is 4.89. The predicted molar refractivity (Wildman–Crippen MR) is 66.7 cm³/mol. The Morgan fingerprint density at radius 3 is 2.65 bits per heavy atom. The van der Waals surface area contributed by atoms with Gasteiger partial charge in [-0.1, -0.05) is 0 Å². The maximum atomic E-state index is 11.4. The molecular formula is C11H13NO4S. The van der Waals surface area contributed by atoms with Crippen molar-refractivity contribution in [3.63, 3.8) is 0 Å². The van der Waals surface area contributed by atoms with Crippen molar-refractivity contribution >= 4 is 29.3 Å². The van der Waals surface area contributed by atoms with E-state index in [-0.39, 0.29) is 22.9 Å². The van der Waals surface area contributed by atoms with Gasteiger partial charge < -0.3 is 15.5 Å². The van der Waals surface area contributed by atoms with Crippen LogP contribution in [0.3, 0.4) is 0 Å². The normalized spacial score (nSPS) is 9.94. The van der Waals surface area contributed by atoms with E-state index in [4.69, 9.17) is 5.11 Å². The summed E-state index contributed by atoms with van der Waals surface area (Å²) >= 11 is 1.55. The largest absolute Gasteiger partial charge is 0.506 e. The molecule has 6 heteroatoms. The highest BCUT2D eigenvalue weighted by Gasteiger charge is 2.09. The Labute approximate surface area is 103 Å². The summed E-state index contributed by atoms with van der Waals surface area (Å²) in [4.78, 5) is 22.0. The molecule has 0 radical (unpaired) electrons. The lowest BCUT2D eigenvalue weighted by Gasteiger charge is -2.07. The number of hydrogen-bond donors (Lipinski definition) is 3. The van der Waals surface area contributed by atoms with Crippen LogP contribution in [-0.2, 0) is 4.79 Å². The van der Waals surface area contributed by atoms with Crippen molar-refractivity contribution < 1.29 is 19.8 Å². The highest BCUT2D eigenvalue weighted by molar-refractivity contribution is 7.98. The minimum Gasteiger partial charge on any atom is -0.506 e. The molecule has 1 aromatic carbocycles. The highest BCUT2D eigenvalue weighted by atomic mass is 32.2. The molecule has 0 aliphatic rings. The molecule has 0 heterocycles. The second kappa shape index (κ2) is 6.15. The molecule has 0 saturated carbocycles. The maximum Gasteiger partial charge on any atom is 0.335 e. The second-order valence-corrected chi connectivity index (χ2v) is 4.31. The molecule has 0 saturated heterocycles. The quantitative estimate of drug-likeness (QED) is 0.698. The second-order valence-electron chi connectivity index (χ2n) is 3.33. The molecular weight excluding hydrogens is 242 g/mol. The minimum atomic E-state index is -1.12. The number of carboxylic acid groups (broad SMARTS) is 1. The smallest absolute Gasteiger partial charge is 0.335 e. The summed E-state index contributed by atoms with van der Waals surface area (Å²) in [6.45, 7) is 0. The van der Waals surface area contributed by atoms with Gasteiger partial charge in [0.2, 0.25) is 5.91 Å². The van der Waals surface area contributed by atoms with Crippen LogP contribution in [0, 0.1) is 0 Å². The lowest BCUT2D eigenvalue weighted by molar-refractivity contribution is -0.115. The Bertz CT molecular complexity index is 433. The van der Waals surface area contributed by atoms with Gasteiger partial charge in [-0.15, -0.1) is 0 Å². The lowest BCUT2D eigenvalue weighted by Crippen LogP contribution is -2.12. The van der Waals surface area contributed by atoms with Crippen molar-refractivity contribution in [3.8, 4) is 5.75 Å². The fraction of sp³-hybridized carbons (Fsp3) is 0.273. The number of phenols is 1. The number of benzene rings is 1. The fourth-order valence-electron chi connectivity index (χ4n) is 1.18. The predicted octanol–water partition coefficient (Wildman–Crippen LogP) is 1.78. The van der Waals surface area contributed by atoms with E-state index in [0.717, 1.165) is 6.07 Å². The molecule has 0 atom stereocenters. The number of phenolic OH excluding ortho intramolecular Hbond substituents is 1. The molecule has 0 unspecified atom stereocenters. The summed E-state index contributed by atoms with van der Waals surface area (Å²) < 4.78 is 0. The SMILES string of the molecule is CSCCC(=O)Nc1ccc(C(=O)O)cc1O. The molecule has 0 spiro atoms. The number of carbonyl (C=O) groups excluding carboxylic acids is 1. The van der Waals surface area contributed by atoms with E-state index in [1.54, 1.807) is 11.8 Å². The Balaban J connectivity index is 2.72. The Morgan fingerprint density at radius 2 is 2.12 bits per heavy atom. The van der Waals surface area contributed by atoms with Crippen molar-refractivity contribution in [1.29, 1.82) is 0 Å². The molecule has 0 aliphatic heterocycles. The third-order valence-electron chi connectivity index (χ3n) is 2.05. The van der Waals surface area contributed by atoms with Gasteiger partial charge in [-0.25, -0.2) is 4.79 Å². The zero-order chi connectivity index (χ0) is 12.8. The van der Waals surface area contributed by atoms with Crippen molar-refractivity contribution in [3.05, 3.63) is 23.8 Å². The molecule has 0 aliphatic carbocycles. The van der Waals surface area contributed by atoms with Crippen LogP contribution in [0.25, 0.3) is 0 Å². The standard InChI is InChI=1S/C11H13NO4S/c1-17-5-4-10(14)12-8-3-2-7(11(15)16)6-9(8)13/h2-3,6,13H,4-5H2,1H3,(H,12,14)(H,15,16). The Morgan fingerprint density at radius 1 is 1.41 bits per heavy atom. The van der Waals surface area contributed by atoms with Gasteiger partial charge >= 0.3 is 5.97 Å². The summed E-state index contributed by atoms with van der Waals surface area (Å²) in [6, 6.07) is 3.80. The van der Waals surface area contributed by atoms with Crippen molar-refractivity contribution in [2.75, 3.05) is 17.3 Å². The monoisotopic (exact) mass is 255 g/mol. The first kappa shape index (κ1) is 13.4. The van der Waals surface area contributed by atoms with Crippen LogP contribution >= 0.6 is 11.8 Å². The van der Waals surface area contributed by atoms with Crippen LogP contribution in [0.4, 0.5) is 5.69 Å². The molecule has 1 aromatic rings. The maximum absolute atomic E-state index is 11.4. The van der Waals surface area contributed by atoms with Crippen LogP contribution in [-0.4, -0.2) is 34.1 Å². The summed E-state index contributed by atoms with van der Waals surface area (Å²) in [7, 11) is 0. The summed E-state index contributed by atoms with van der Waals surface area (Å²) in [5, 5.41) is 20.7. The van der Waals surface area contributed by atoms with E-state index in [1.165, 1.54) is 12.1 Å². The van der Waals surface area contributed by atoms with E-state index < -0.39 is 5.97 Å². The van der Waals surface area contributed by atoms with Crippen molar-refractivity contribution in [2.45, 2.75) is 6.42 Å². The van der Waals surface area contributed by atoms with Gasteiger partial charge in [-0.3, -0.25) is 4.79 Å². The number of aromatic carboxylic acids is 1. The average molecular weight is 255 g/mol. The number of carboxylic acids is 1. The van der Waals surface area contributed by atoms with Gasteiger partial charge in [0.05, 0.1) is 11.3 Å². The number of rotatable bonds is 5. The molecule has 17 heavy (non-hydrogen) atoms. The number of hydrogen-bond acceptors (Lipinski definition) is 4. The Hall–Kier alpha value is -1.69. The van der Waals surface area contributed by atoms with Gasteiger partial charge in [0.1, 0.15) is 5.75 Å². The fourth-order valence-corrected chi connectivity index (χ4v) is 1.57. The van der Waals surface area contributed by atoms with E-state index in [0.29, 0.717) is 12.2 Å². The minimum absolute atomic E-state index is 0.0235. The summed E-state index contributed by atoms with van der Waals surface area (Å²) in [5.74, 6) is -0.888. The van der Waals surface area contributed by atoms with E-state index in [1.807, 2.05) is 6.26 Å². The van der Waals surface area contributed by atoms with Crippen LogP contribution in [0.5, 0.6) is 5.75 Å². The molecule has 3 N–H and O–H groups in total. The molecule has 0 fully saturated rings. The summed E-state index contributed by atoms with van der Waals surface area (Å²) in [6.07, 6.45) is 2.24. The van der Waals surface area contributed by atoms with E-state index in [9.17, 15) is 14.7 Å². The molecule has 0 bridgehead atoms. The van der Waals surface area contributed by atoms with Crippen LogP contribution in [0.15, 0.2) is 18.2 Å². The van der Waals surface area contributed by atoms with Crippen LogP contribution in [0.1, 0.15) is 16.8 Å². The lowest BCUT2D eigenvalue weighted by atomic mass is 10.2. The van der Waals surface area contributed by atoms with E-state index >= 15 is 0 Å². The third kappa shape index (κ3) is 3.99. The van der Waals surface area contributed by atoms with Gasteiger partial charge in [0, 0.05) is 12.2 Å². The number of carbonyl (C=O) groups is 2. The van der Waals surface area contributed by atoms with Gasteiger partial charge in [0.25, 0.3) is 0 Å². The van der Waals surface area contributed by atoms with E-state index in [2.05, 4.69) is 5.32 Å². The first-order chi connectivity index (χ1) is 8.04. The Kier molecular flexibility index (Phi) is 4.84. The van der Waals surface area contributed by atoms with Crippen molar-refractivity contribution in [1.82, 2.24) is 0 Å². The number of amides is 1. The third-order valence-corrected chi connectivity index (χ3v) is 2.66. The molecule has 0 aromatic heterocycles. The zero-order valence-corrected chi connectivity index (χ0v) is 10.1. The highest BCUT2D eigenvalue weighted by Crippen LogP contribution is 2.24. The summed E-state index contributed by atoms with van der Waals surface area (Å²) in [5.41, 5.74) is 0.200. The molecule has 1 rings (SSSR count). The van der Waals surface area contributed by atoms with Gasteiger partial charge in [0.15, 0.2) is 0 Å². The molecule has 92 valence electrons. The van der Waals surface area contributed by atoms with Gasteiger partial charge in [-0.2, -0.15) is 11.8 Å². The van der Waals surface area contributed by atoms with Crippen molar-refractivity contribution in [2.24, 2.45) is 0 Å².